The molecule has 0 spiro atoms. The van der Waals surface area contributed by atoms with E-state index in [1.165, 1.54) is 18.9 Å². The molecule has 0 aliphatic rings. The number of aryl methyl sites for hydroxylation is 1. The minimum absolute atomic E-state index is 0. The lowest BCUT2D eigenvalue weighted by atomic mass is 10.3. The molecule has 0 saturated carbocycles. The summed E-state index contributed by atoms with van der Waals surface area (Å²) < 4.78 is 7.09. The number of oxazole rings is 1. The average Bonchev–Trinajstić information content (AvgIpc) is 2.48. The zero-order chi connectivity index (χ0) is 9.73. The van der Waals surface area contributed by atoms with E-state index < -0.39 is 8.07 Å². The molecule has 1 heterocycles. The van der Waals surface area contributed by atoms with Gasteiger partial charge < -0.3 is 28.4 Å². The molecule has 0 aliphatic heterocycles. The molecular formula is C10H20INOSi. The van der Waals surface area contributed by atoms with Gasteiger partial charge in [0.2, 0.25) is 6.20 Å². The average molecular weight is 325 g/mol. The van der Waals surface area contributed by atoms with Gasteiger partial charge in [0, 0.05) is 14.5 Å². The molecule has 0 bridgehead atoms. The Morgan fingerprint density at radius 1 is 1.21 bits per heavy atom. The molecule has 14 heavy (non-hydrogen) atoms. The lowest BCUT2D eigenvalue weighted by molar-refractivity contribution is -0.700. The Hall–Kier alpha value is 0.157. The van der Waals surface area contributed by atoms with Gasteiger partial charge in [-0.2, -0.15) is 4.57 Å². The van der Waals surface area contributed by atoms with Crippen LogP contribution in [0.25, 0.3) is 0 Å². The summed E-state index contributed by atoms with van der Waals surface area (Å²) in [5.41, 5.74) is 0. The molecule has 1 aromatic heterocycles. The molecule has 0 aromatic carbocycles. The summed E-state index contributed by atoms with van der Waals surface area (Å²) in [6, 6.07) is 1.44. The van der Waals surface area contributed by atoms with Gasteiger partial charge in [-0.25, -0.2) is 0 Å². The molecule has 0 unspecified atom stereocenters. The van der Waals surface area contributed by atoms with Gasteiger partial charge in [-0.05, 0) is 6.42 Å². The predicted molar refractivity (Wildman–Crippen MR) is 56.3 cm³/mol. The maximum absolute atomic E-state index is 4.98. The van der Waals surface area contributed by atoms with Crippen LogP contribution in [0.15, 0.2) is 23.3 Å². The van der Waals surface area contributed by atoms with Gasteiger partial charge in [0.1, 0.15) is 0 Å². The van der Waals surface area contributed by atoms with Gasteiger partial charge in [-0.15, -0.1) is 0 Å². The maximum Gasteiger partial charge on any atom is 0.334 e. The molecule has 0 N–H and O–H groups in total. The summed E-state index contributed by atoms with van der Waals surface area (Å²) in [5.74, 6) is 0. The molecule has 0 amide bonds. The van der Waals surface area contributed by atoms with Gasteiger partial charge >= 0.3 is 6.39 Å². The number of unbranched alkanes of at least 4 members (excludes halogenated alkanes) is 1. The molecule has 4 heteroatoms. The summed E-state index contributed by atoms with van der Waals surface area (Å²) in [4.78, 5) is 0. The fourth-order valence-electron chi connectivity index (χ4n) is 1.34. The van der Waals surface area contributed by atoms with Crippen LogP contribution in [0.5, 0.6) is 0 Å². The van der Waals surface area contributed by atoms with E-state index in [-0.39, 0.29) is 24.0 Å². The second-order valence-electron chi connectivity index (χ2n) is 4.78. The first-order chi connectivity index (χ1) is 6.08. The van der Waals surface area contributed by atoms with Crippen LogP contribution in [0.1, 0.15) is 12.8 Å². The fraction of sp³-hybridized carbons (Fsp3) is 0.700. The maximum atomic E-state index is 4.98. The van der Waals surface area contributed by atoms with E-state index in [9.17, 15) is 0 Å². The van der Waals surface area contributed by atoms with Crippen molar-refractivity contribution in [2.24, 2.45) is 0 Å². The molecule has 0 fully saturated rings. The molecule has 1 aromatic rings. The van der Waals surface area contributed by atoms with Gasteiger partial charge in [0.05, 0.1) is 0 Å². The third kappa shape index (κ3) is 6.59. The van der Waals surface area contributed by atoms with Crippen molar-refractivity contribution in [2.75, 3.05) is 0 Å². The van der Waals surface area contributed by atoms with Crippen LogP contribution in [-0.4, -0.2) is 8.07 Å². The van der Waals surface area contributed by atoms with Crippen molar-refractivity contribution >= 4 is 8.07 Å². The molecule has 1 rings (SSSR count). The Kier molecular flexibility index (Phi) is 6.68. The van der Waals surface area contributed by atoms with E-state index in [2.05, 4.69) is 24.2 Å². The lowest BCUT2D eigenvalue weighted by Gasteiger charge is -2.13. The zero-order valence-corrected chi connectivity index (χ0v) is 12.5. The van der Waals surface area contributed by atoms with Gasteiger partial charge in [-0.1, -0.05) is 25.7 Å². The summed E-state index contributed by atoms with van der Waals surface area (Å²) in [5, 5.41) is 0. The summed E-state index contributed by atoms with van der Waals surface area (Å²) in [6.45, 7) is 8.38. The highest BCUT2D eigenvalue weighted by Crippen LogP contribution is 2.12. The fourth-order valence-corrected chi connectivity index (χ4v) is 2.65. The normalized spacial score (nSPS) is 11.1. The van der Waals surface area contributed by atoms with Crippen LogP contribution in [0, 0.1) is 0 Å². The number of hydrogen-bond donors (Lipinski definition) is 0. The van der Waals surface area contributed by atoms with Gasteiger partial charge in [0.25, 0.3) is 0 Å². The molecule has 82 valence electrons. The first-order valence-electron chi connectivity index (χ1n) is 4.99. The van der Waals surface area contributed by atoms with Crippen molar-refractivity contribution in [1.29, 1.82) is 0 Å². The number of halogens is 1. The van der Waals surface area contributed by atoms with Crippen molar-refractivity contribution in [3.8, 4) is 0 Å². The topological polar surface area (TPSA) is 17.0 Å². The zero-order valence-electron chi connectivity index (χ0n) is 9.29. The quantitative estimate of drug-likeness (QED) is 0.314. The molecule has 0 saturated heterocycles. The Morgan fingerprint density at radius 3 is 2.43 bits per heavy atom. The number of nitrogens with zero attached hydrogens (tertiary/aromatic N) is 1. The molecular weight excluding hydrogens is 305 g/mol. The molecule has 2 nitrogen and oxygen atoms in total. The Labute approximate surface area is 105 Å². The minimum atomic E-state index is -0.812. The molecule has 0 aliphatic carbocycles. The SMILES string of the molecule is C[Si](C)(C)CCCC[n+]1ccoc1.[I-]. The van der Waals surface area contributed by atoms with Crippen LogP contribution in [0.2, 0.25) is 25.7 Å². The van der Waals surface area contributed by atoms with Crippen LogP contribution in [0.4, 0.5) is 0 Å². The third-order valence-corrected chi connectivity index (χ3v) is 3.97. The van der Waals surface area contributed by atoms with E-state index in [0.29, 0.717) is 0 Å². The highest BCUT2D eigenvalue weighted by molar-refractivity contribution is 6.76. The van der Waals surface area contributed by atoms with Crippen molar-refractivity contribution in [3.05, 3.63) is 18.9 Å². The number of aromatic nitrogens is 1. The third-order valence-electron chi connectivity index (χ3n) is 2.12. The summed E-state index contributed by atoms with van der Waals surface area (Å²) in [6.07, 6.45) is 8.10. The Balaban J connectivity index is 0.00000169. The summed E-state index contributed by atoms with van der Waals surface area (Å²) in [7, 11) is -0.812. The first kappa shape index (κ1) is 14.2. The van der Waals surface area contributed by atoms with E-state index in [4.69, 9.17) is 4.42 Å². The molecule has 0 atom stereocenters. The van der Waals surface area contributed by atoms with E-state index >= 15 is 0 Å². The smallest absolute Gasteiger partial charge is 0.334 e. The highest BCUT2D eigenvalue weighted by Gasteiger charge is 2.12. The first-order valence-corrected chi connectivity index (χ1v) is 8.70. The lowest BCUT2D eigenvalue weighted by Crippen LogP contribution is -3.00. The van der Waals surface area contributed by atoms with Gasteiger partial charge in [-0.3, -0.25) is 0 Å². The van der Waals surface area contributed by atoms with Crippen molar-refractivity contribution in [3.63, 3.8) is 0 Å². The predicted octanol–water partition coefficient (Wildman–Crippen LogP) is -0.310. The van der Waals surface area contributed by atoms with Crippen LogP contribution < -0.4 is 28.5 Å². The van der Waals surface area contributed by atoms with E-state index in [1.54, 1.807) is 12.7 Å². The Morgan fingerprint density at radius 2 is 1.93 bits per heavy atom. The number of hydrogen-bond acceptors (Lipinski definition) is 1. The molecule has 0 radical (unpaired) electrons. The van der Waals surface area contributed by atoms with Crippen LogP contribution in [0.3, 0.4) is 0 Å². The monoisotopic (exact) mass is 325 g/mol. The highest BCUT2D eigenvalue weighted by atomic mass is 127. The minimum Gasteiger partial charge on any atom is -1.00 e. The largest absolute Gasteiger partial charge is 1.00 e. The number of rotatable bonds is 5. The second-order valence-corrected chi connectivity index (χ2v) is 10.4. The van der Waals surface area contributed by atoms with Crippen molar-refractivity contribution in [2.45, 2.75) is 45.1 Å². The Bertz CT molecular complexity index is 231. The summed E-state index contributed by atoms with van der Waals surface area (Å²) >= 11 is 0. The standard InChI is InChI=1S/C10H20NOSi.HI/c1-13(2,3)9-5-4-6-11-7-8-12-10-11;/h7-8,10H,4-6,9H2,1-3H3;1H/q+1;/p-1. The van der Waals surface area contributed by atoms with Crippen LogP contribution >= 0.6 is 0 Å². The van der Waals surface area contributed by atoms with Crippen molar-refractivity contribution < 1.29 is 33.0 Å². The van der Waals surface area contributed by atoms with E-state index in [0.717, 1.165) is 6.54 Å². The van der Waals surface area contributed by atoms with Gasteiger partial charge in [0.15, 0.2) is 12.8 Å². The van der Waals surface area contributed by atoms with E-state index in [1.807, 2.05) is 6.20 Å². The van der Waals surface area contributed by atoms with Crippen LogP contribution in [-0.2, 0) is 6.54 Å². The second kappa shape index (κ2) is 6.61. The van der Waals surface area contributed by atoms with Crippen molar-refractivity contribution in [1.82, 2.24) is 0 Å².